The van der Waals surface area contributed by atoms with Crippen LogP contribution < -0.4 is 26.5 Å². The lowest BCUT2D eigenvalue weighted by Crippen LogP contribution is -2.41. The Hall–Kier alpha value is -3.39. The van der Waals surface area contributed by atoms with E-state index in [-0.39, 0.29) is 11.8 Å². The molecule has 0 aliphatic carbocycles. The predicted molar refractivity (Wildman–Crippen MR) is 114 cm³/mol. The molecule has 8 heteroatoms. The normalized spacial score (nSPS) is 15.9. The summed E-state index contributed by atoms with van der Waals surface area (Å²) in [6.07, 6.45) is 0.805. The molecule has 3 aromatic rings. The van der Waals surface area contributed by atoms with E-state index >= 15 is 0 Å². The lowest BCUT2D eigenvalue weighted by molar-refractivity contribution is -0.122. The number of rotatable bonds is 5. The number of amides is 2. The zero-order valence-electron chi connectivity index (χ0n) is 15.8. The van der Waals surface area contributed by atoms with Gasteiger partial charge in [-0.3, -0.25) is 15.0 Å². The quantitative estimate of drug-likeness (QED) is 0.375. The Morgan fingerprint density at radius 1 is 1.31 bits per heavy atom. The molecule has 0 unspecified atom stereocenters. The largest absolute Gasteiger partial charge is 0.494 e. The van der Waals surface area contributed by atoms with Crippen molar-refractivity contribution in [3.05, 3.63) is 52.9 Å². The van der Waals surface area contributed by atoms with Gasteiger partial charge in [0.05, 0.1) is 12.8 Å². The molecule has 1 saturated heterocycles. The summed E-state index contributed by atoms with van der Waals surface area (Å²) in [5, 5.41) is 13.1. The van der Waals surface area contributed by atoms with Crippen molar-refractivity contribution < 1.29 is 19.7 Å². The lowest BCUT2D eigenvalue weighted by atomic mass is 10.0. The highest BCUT2D eigenvalue weighted by Gasteiger charge is 2.29. The van der Waals surface area contributed by atoms with Crippen LogP contribution in [0.1, 0.15) is 23.3 Å². The first-order valence-electron chi connectivity index (χ1n) is 9.16. The Balaban J connectivity index is 1.69. The second-order valence-electron chi connectivity index (χ2n) is 6.82. The fourth-order valence-corrected chi connectivity index (χ4v) is 4.48. The highest BCUT2D eigenvalue weighted by atomic mass is 32.1. The standard InChI is InChI=1S/C21H20N4O3S/c1-28-20-13(25-21(27)14-8-9-17(26)24-14)7-6-12(22)18(20)19(23)16-10-11-4-2-3-5-15(11)29-16/h2-7,10,14,23H,8-9,22H2,1H3,(H,24,26)(H,25,27)/p+1/t14-/m1/s1. The fraction of sp³-hybridized carbons (Fsp3) is 0.190. The van der Waals surface area contributed by atoms with E-state index < -0.39 is 6.04 Å². The van der Waals surface area contributed by atoms with Crippen molar-refractivity contribution in [1.29, 1.82) is 0 Å². The highest BCUT2D eigenvalue weighted by molar-refractivity contribution is 7.21. The van der Waals surface area contributed by atoms with E-state index in [1.165, 1.54) is 7.11 Å². The van der Waals surface area contributed by atoms with Crippen molar-refractivity contribution >= 4 is 50.3 Å². The lowest BCUT2D eigenvalue weighted by Gasteiger charge is -2.16. The number of hydrogen-bond donors (Lipinski definition) is 4. The molecule has 29 heavy (non-hydrogen) atoms. The molecule has 1 aliphatic heterocycles. The zero-order chi connectivity index (χ0) is 20.5. The second kappa shape index (κ2) is 7.56. The Kier molecular flexibility index (Phi) is 4.94. The third kappa shape index (κ3) is 3.54. The first kappa shape index (κ1) is 18.9. The molecule has 2 amide bonds. The van der Waals surface area contributed by atoms with Crippen LogP contribution >= 0.6 is 11.3 Å². The maximum atomic E-state index is 12.5. The average molecular weight is 409 g/mol. The van der Waals surface area contributed by atoms with Gasteiger partial charge < -0.3 is 21.1 Å². The van der Waals surface area contributed by atoms with Crippen LogP contribution in [0.2, 0.25) is 0 Å². The van der Waals surface area contributed by atoms with E-state index in [4.69, 9.17) is 15.9 Å². The topological polar surface area (TPSA) is 119 Å². The Morgan fingerprint density at radius 2 is 2.10 bits per heavy atom. The van der Waals surface area contributed by atoms with Gasteiger partial charge in [-0.05, 0) is 36.1 Å². The average Bonchev–Trinajstić information content (AvgIpc) is 3.34. The molecule has 1 aromatic heterocycles. The van der Waals surface area contributed by atoms with Gasteiger partial charge in [-0.1, -0.05) is 18.2 Å². The van der Waals surface area contributed by atoms with Crippen LogP contribution in [0.5, 0.6) is 5.75 Å². The van der Waals surface area contributed by atoms with E-state index in [9.17, 15) is 9.59 Å². The molecule has 2 heterocycles. The third-order valence-corrected chi connectivity index (χ3v) is 6.07. The van der Waals surface area contributed by atoms with Crippen molar-refractivity contribution in [2.75, 3.05) is 18.2 Å². The Labute approximate surface area is 171 Å². The minimum absolute atomic E-state index is 0.127. The van der Waals surface area contributed by atoms with Gasteiger partial charge in [-0.25, -0.2) is 0 Å². The smallest absolute Gasteiger partial charge is 0.247 e. The van der Waals surface area contributed by atoms with Crippen LogP contribution in [-0.4, -0.2) is 30.7 Å². The van der Waals surface area contributed by atoms with Crippen LogP contribution in [0.4, 0.5) is 11.4 Å². The molecule has 6 N–H and O–H groups in total. The van der Waals surface area contributed by atoms with Gasteiger partial charge >= 0.3 is 0 Å². The summed E-state index contributed by atoms with van der Waals surface area (Å²) in [6.45, 7) is 0. The molecule has 1 fully saturated rings. The summed E-state index contributed by atoms with van der Waals surface area (Å²) in [5.41, 5.74) is 8.13. The molecule has 2 aromatic carbocycles. The maximum Gasteiger partial charge on any atom is 0.247 e. The number of hydrogen-bond acceptors (Lipinski definition) is 5. The number of nitrogens with one attached hydrogen (secondary N) is 2. The monoisotopic (exact) mass is 409 g/mol. The number of benzene rings is 2. The Bertz CT molecular complexity index is 1110. The molecule has 7 nitrogen and oxygen atoms in total. The van der Waals surface area contributed by atoms with Crippen molar-refractivity contribution in [3.8, 4) is 5.75 Å². The van der Waals surface area contributed by atoms with Crippen LogP contribution in [0, 0.1) is 0 Å². The molecule has 0 spiro atoms. The second-order valence-corrected chi connectivity index (χ2v) is 7.90. The molecule has 1 atom stereocenters. The molecule has 0 radical (unpaired) electrons. The summed E-state index contributed by atoms with van der Waals surface area (Å²) < 4.78 is 6.70. The van der Waals surface area contributed by atoms with E-state index in [2.05, 4.69) is 10.6 Å². The van der Waals surface area contributed by atoms with Gasteiger partial charge in [-0.15, -0.1) is 11.3 Å². The van der Waals surface area contributed by atoms with Crippen molar-refractivity contribution in [2.24, 2.45) is 0 Å². The number of nitrogens with two attached hydrogens (primary N) is 2. The van der Waals surface area contributed by atoms with E-state index in [1.807, 2.05) is 30.3 Å². The van der Waals surface area contributed by atoms with Crippen molar-refractivity contribution in [3.63, 3.8) is 0 Å². The van der Waals surface area contributed by atoms with Gasteiger partial charge in [0, 0.05) is 16.8 Å². The highest BCUT2D eigenvalue weighted by Crippen LogP contribution is 2.36. The first-order chi connectivity index (χ1) is 14.0. The third-order valence-electron chi connectivity index (χ3n) is 4.92. The van der Waals surface area contributed by atoms with Crippen molar-refractivity contribution in [1.82, 2.24) is 5.32 Å². The molecule has 148 valence electrons. The molecular formula is C21H21N4O3S+. The zero-order valence-corrected chi connectivity index (χ0v) is 16.6. The van der Waals surface area contributed by atoms with Gasteiger partial charge in [-0.2, -0.15) is 0 Å². The molecule has 0 saturated carbocycles. The number of carbonyl (C=O) groups excluding carboxylic acids is 2. The number of anilines is 2. The van der Waals surface area contributed by atoms with Gasteiger partial charge in [0.1, 0.15) is 16.5 Å². The number of carbonyl (C=O) groups is 2. The Morgan fingerprint density at radius 3 is 2.79 bits per heavy atom. The van der Waals surface area contributed by atoms with Crippen LogP contribution in [0.25, 0.3) is 10.1 Å². The molecule has 0 bridgehead atoms. The van der Waals surface area contributed by atoms with E-state index in [0.717, 1.165) is 15.0 Å². The minimum Gasteiger partial charge on any atom is -0.494 e. The van der Waals surface area contributed by atoms with Gasteiger partial charge in [0.2, 0.25) is 17.5 Å². The first-order valence-corrected chi connectivity index (χ1v) is 9.98. The number of nitrogen functional groups attached to an aromatic ring is 1. The number of methoxy groups -OCH3 is 1. The van der Waals surface area contributed by atoms with E-state index in [0.29, 0.717) is 41.2 Å². The van der Waals surface area contributed by atoms with Gasteiger partial charge in [0.15, 0.2) is 5.75 Å². The van der Waals surface area contributed by atoms with Crippen LogP contribution in [0.15, 0.2) is 42.5 Å². The molecule has 4 rings (SSSR count). The van der Waals surface area contributed by atoms with Crippen LogP contribution in [-0.2, 0) is 9.59 Å². The number of fused-ring (bicyclic) bond motifs is 1. The van der Waals surface area contributed by atoms with E-state index in [1.54, 1.807) is 23.5 Å². The number of ether oxygens (including phenoxy) is 1. The van der Waals surface area contributed by atoms with Gasteiger partial charge in [0.25, 0.3) is 0 Å². The summed E-state index contributed by atoms with van der Waals surface area (Å²) >= 11 is 1.56. The summed E-state index contributed by atoms with van der Waals surface area (Å²) in [6, 6.07) is 12.8. The predicted octanol–water partition coefficient (Wildman–Crippen LogP) is 1.31. The number of thiophene rings is 1. The fourth-order valence-electron chi connectivity index (χ4n) is 3.45. The SMILES string of the molecule is COc1c(NC(=O)[C@H]2CCC(=O)N2)ccc(N)c1C(=[NH2+])c1cc2ccccc2s1. The summed E-state index contributed by atoms with van der Waals surface area (Å²) in [7, 11) is 1.50. The molecule has 1 aliphatic rings. The maximum absolute atomic E-state index is 12.5. The summed E-state index contributed by atoms with van der Waals surface area (Å²) in [4.78, 5) is 24.8. The van der Waals surface area contributed by atoms with Crippen LogP contribution in [0.3, 0.4) is 0 Å². The molecular weight excluding hydrogens is 388 g/mol. The minimum atomic E-state index is -0.558. The summed E-state index contributed by atoms with van der Waals surface area (Å²) in [5.74, 6) is -0.0413. The van der Waals surface area contributed by atoms with Crippen molar-refractivity contribution in [2.45, 2.75) is 18.9 Å².